The fourth-order valence-corrected chi connectivity index (χ4v) is 1.49. The van der Waals surface area contributed by atoms with Gasteiger partial charge in [-0.15, -0.1) is 16.7 Å². The molecule has 86 valence electrons. The van der Waals surface area contributed by atoms with E-state index in [4.69, 9.17) is 16.0 Å². The maximum Gasteiger partial charge on any atom is 0.320 e. The SMILES string of the molecule is Cc1nn(C)cc1Nc1nnc(CCCl)o1. The monoisotopic (exact) mass is 241 g/mol. The zero-order chi connectivity index (χ0) is 11.5. The number of nitrogens with zero attached hydrogens (tertiary/aromatic N) is 4. The van der Waals surface area contributed by atoms with Crippen LogP contribution in [0.1, 0.15) is 11.6 Å². The normalized spacial score (nSPS) is 10.7. The van der Waals surface area contributed by atoms with E-state index in [1.807, 2.05) is 20.2 Å². The summed E-state index contributed by atoms with van der Waals surface area (Å²) < 4.78 is 7.05. The van der Waals surface area contributed by atoms with E-state index in [9.17, 15) is 0 Å². The fourth-order valence-electron chi connectivity index (χ4n) is 1.32. The molecule has 0 aromatic carbocycles. The van der Waals surface area contributed by atoms with Crippen LogP contribution in [-0.4, -0.2) is 25.9 Å². The van der Waals surface area contributed by atoms with Crippen molar-refractivity contribution in [2.24, 2.45) is 7.05 Å². The molecule has 6 nitrogen and oxygen atoms in total. The van der Waals surface area contributed by atoms with Crippen LogP contribution in [-0.2, 0) is 13.5 Å². The molecule has 0 spiro atoms. The Morgan fingerprint density at radius 1 is 1.50 bits per heavy atom. The number of nitrogens with one attached hydrogen (secondary N) is 1. The summed E-state index contributed by atoms with van der Waals surface area (Å²) in [5, 5.41) is 14.9. The van der Waals surface area contributed by atoms with E-state index in [0.29, 0.717) is 24.2 Å². The summed E-state index contributed by atoms with van der Waals surface area (Å²) in [4.78, 5) is 0. The average molecular weight is 242 g/mol. The van der Waals surface area contributed by atoms with Gasteiger partial charge in [0, 0.05) is 25.5 Å². The van der Waals surface area contributed by atoms with Crippen molar-refractivity contribution in [1.29, 1.82) is 0 Å². The predicted molar refractivity (Wildman–Crippen MR) is 59.9 cm³/mol. The Balaban J connectivity index is 2.11. The van der Waals surface area contributed by atoms with Crippen LogP contribution in [0.15, 0.2) is 10.6 Å². The molecule has 0 aliphatic rings. The van der Waals surface area contributed by atoms with Crippen LogP contribution >= 0.6 is 11.6 Å². The van der Waals surface area contributed by atoms with Gasteiger partial charge in [0.25, 0.3) is 0 Å². The molecule has 0 unspecified atom stereocenters. The van der Waals surface area contributed by atoms with Crippen molar-refractivity contribution in [1.82, 2.24) is 20.0 Å². The molecule has 0 bridgehead atoms. The first kappa shape index (κ1) is 10.9. The number of aryl methyl sites for hydroxylation is 3. The Hall–Kier alpha value is -1.56. The Labute approximate surface area is 97.6 Å². The van der Waals surface area contributed by atoms with Gasteiger partial charge in [-0.3, -0.25) is 4.68 Å². The summed E-state index contributed by atoms with van der Waals surface area (Å²) in [6.07, 6.45) is 2.42. The number of aromatic nitrogens is 4. The van der Waals surface area contributed by atoms with Gasteiger partial charge in [-0.1, -0.05) is 5.10 Å². The molecule has 0 aliphatic heterocycles. The smallest absolute Gasteiger partial charge is 0.320 e. The number of hydrogen-bond donors (Lipinski definition) is 1. The maximum atomic E-state index is 5.57. The molecule has 1 N–H and O–H groups in total. The highest BCUT2D eigenvalue weighted by molar-refractivity contribution is 6.17. The summed E-state index contributed by atoms with van der Waals surface area (Å²) in [5.74, 6) is 0.993. The zero-order valence-corrected chi connectivity index (χ0v) is 9.82. The highest BCUT2D eigenvalue weighted by Crippen LogP contribution is 2.17. The van der Waals surface area contributed by atoms with E-state index >= 15 is 0 Å². The lowest BCUT2D eigenvalue weighted by Crippen LogP contribution is -1.90. The van der Waals surface area contributed by atoms with Crippen molar-refractivity contribution in [3.05, 3.63) is 17.8 Å². The molecule has 0 aliphatic carbocycles. The highest BCUT2D eigenvalue weighted by Gasteiger charge is 2.08. The molecular weight excluding hydrogens is 230 g/mol. The molecule has 0 fully saturated rings. The zero-order valence-electron chi connectivity index (χ0n) is 9.07. The van der Waals surface area contributed by atoms with E-state index < -0.39 is 0 Å². The predicted octanol–water partition coefficient (Wildman–Crippen LogP) is 1.64. The molecule has 0 saturated heterocycles. The highest BCUT2D eigenvalue weighted by atomic mass is 35.5. The summed E-state index contributed by atoms with van der Waals surface area (Å²) in [5.41, 5.74) is 1.73. The van der Waals surface area contributed by atoms with E-state index in [1.165, 1.54) is 0 Å². The summed E-state index contributed by atoms with van der Waals surface area (Å²) >= 11 is 5.57. The topological polar surface area (TPSA) is 68.8 Å². The van der Waals surface area contributed by atoms with Gasteiger partial charge in [-0.05, 0) is 6.92 Å². The van der Waals surface area contributed by atoms with Gasteiger partial charge in [0.1, 0.15) is 0 Å². The number of rotatable bonds is 4. The van der Waals surface area contributed by atoms with Crippen molar-refractivity contribution in [2.75, 3.05) is 11.2 Å². The number of alkyl halides is 1. The van der Waals surface area contributed by atoms with Crippen LogP contribution in [0.25, 0.3) is 0 Å². The molecule has 0 saturated carbocycles. The quantitative estimate of drug-likeness (QED) is 0.824. The summed E-state index contributed by atoms with van der Waals surface area (Å²) in [6.45, 7) is 1.90. The largest absolute Gasteiger partial charge is 0.408 e. The molecule has 2 heterocycles. The molecule has 2 aromatic rings. The molecule has 0 atom stereocenters. The Morgan fingerprint density at radius 2 is 2.31 bits per heavy atom. The third kappa shape index (κ3) is 2.33. The third-order valence-corrected chi connectivity index (χ3v) is 2.22. The molecule has 0 radical (unpaired) electrons. The van der Waals surface area contributed by atoms with Gasteiger partial charge < -0.3 is 9.73 Å². The van der Waals surface area contributed by atoms with Crippen LogP contribution in [0.5, 0.6) is 0 Å². The summed E-state index contributed by atoms with van der Waals surface area (Å²) in [7, 11) is 1.85. The second-order valence-electron chi connectivity index (χ2n) is 3.37. The minimum absolute atomic E-state index is 0.358. The van der Waals surface area contributed by atoms with Gasteiger partial charge in [0.2, 0.25) is 5.89 Å². The van der Waals surface area contributed by atoms with Gasteiger partial charge in [-0.25, -0.2) is 0 Å². The lowest BCUT2D eigenvalue weighted by atomic mass is 10.4. The molecule has 2 aromatic heterocycles. The molecule has 2 rings (SSSR count). The Kier molecular flexibility index (Phi) is 3.09. The van der Waals surface area contributed by atoms with Gasteiger partial charge in [0.05, 0.1) is 11.4 Å². The van der Waals surface area contributed by atoms with Crippen LogP contribution in [0, 0.1) is 6.92 Å². The van der Waals surface area contributed by atoms with Crippen molar-refractivity contribution < 1.29 is 4.42 Å². The van der Waals surface area contributed by atoms with E-state index in [0.717, 1.165) is 11.4 Å². The first-order valence-corrected chi connectivity index (χ1v) is 5.38. The molecule has 0 amide bonds. The Bertz CT molecular complexity index is 478. The molecule has 7 heteroatoms. The standard InChI is InChI=1S/C9H12ClN5O/c1-6-7(5-15(2)14-6)11-9-13-12-8(16-9)3-4-10/h5H,3-4H2,1-2H3,(H,11,13). The van der Waals surface area contributed by atoms with Crippen molar-refractivity contribution in [3.8, 4) is 0 Å². The maximum absolute atomic E-state index is 5.57. The Morgan fingerprint density at radius 3 is 2.94 bits per heavy atom. The van der Waals surface area contributed by atoms with Crippen LogP contribution < -0.4 is 5.32 Å². The van der Waals surface area contributed by atoms with Crippen molar-refractivity contribution >= 4 is 23.3 Å². The first-order chi connectivity index (χ1) is 7.69. The second-order valence-corrected chi connectivity index (χ2v) is 3.74. The minimum atomic E-state index is 0.358. The lowest BCUT2D eigenvalue weighted by Gasteiger charge is -1.96. The minimum Gasteiger partial charge on any atom is -0.408 e. The lowest BCUT2D eigenvalue weighted by molar-refractivity contribution is 0.516. The van der Waals surface area contributed by atoms with E-state index in [-0.39, 0.29) is 0 Å². The van der Waals surface area contributed by atoms with Crippen molar-refractivity contribution in [3.63, 3.8) is 0 Å². The van der Waals surface area contributed by atoms with Gasteiger partial charge >= 0.3 is 6.01 Å². The number of hydrogen-bond acceptors (Lipinski definition) is 5. The molecule has 16 heavy (non-hydrogen) atoms. The van der Waals surface area contributed by atoms with Crippen LogP contribution in [0.4, 0.5) is 11.7 Å². The van der Waals surface area contributed by atoms with Gasteiger partial charge in [-0.2, -0.15) is 5.10 Å². The number of halogens is 1. The fraction of sp³-hybridized carbons (Fsp3) is 0.444. The first-order valence-electron chi connectivity index (χ1n) is 4.84. The second kappa shape index (κ2) is 4.52. The van der Waals surface area contributed by atoms with E-state index in [2.05, 4.69) is 20.6 Å². The summed E-state index contributed by atoms with van der Waals surface area (Å²) in [6, 6.07) is 0.358. The van der Waals surface area contributed by atoms with E-state index in [1.54, 1.807) is 4.68 Å². The molecular formula is C9H12ClN5O. The van der Waals surface area contributed by atoms with Crippen LogP contribution in [0.2, 0.25) is 0 Å². The van der Waals surface area contributed by atoms with Crippen molar-refractivity contribution in [2.45, 2.75) is 13.3 Å². The number of anilines is 2. The van der Waals surface area contributed by atoms with Crippen LogP contribution in [0.3, 0.4) is 0 Å². The third-order valence-electron chi connectivity index (χ3n) is 2.03. The van der Waals surface area contributed by atoms with Gasteiger partial charge in [0.15, 0.2) is 0 Å². The average Bonchev–Trinajstić information content (AvgIpc) is 2.76.